The van der Waals surface area contributed by atoms with Crippen LogP contribution in [-0.4, -0.2) is 35.5 Å². The summed E-state index contributed by atoms with van der Waals surface area (Å²) in [7, 11) is 1.63. The van der Waals surface area contributed by atoms with E-state index in [9.17, 15) is 10.1 Å². The van der Waals surface area contributed by atoms with Crippen LogP contribution in [0.3, 0.4) is 0 Å². The molecule has 0 spiro atoms. The summed E-state index contributed by atoms with van der Waals surface area (Å²) in [5, 5.41) is 10.7. The van der Waals surface area contributed by atoms with Crippen LogP contribution in [-0.2, 0) is 6.20 Å². The van der Waals surface area contributed by atoms with E-state index >= 15 is 0 Å². The zero-order chi connectivity index (χ0) is 17.4. The van der Waals surface area contributed by atoms with Crippen molar-refractivity contribution in [2.24, 2.45) is 0 Å². The van der Waals surface area contributed by atoms with Crippen LogP contribution in [0.25, 0.3) is 11.5 Å². The number of non-ortho nitro benzene ring substituents is 1. The van der Waals surface area contributed by atoms with Gasteiger partial charge in [0, 0.05) is 0 Å². The van der Waals surface area contributed by atoms with E-state index in [0.717, 1.165) is 26.2 Å². The summed E-state index contributed by atoms with van der Waals surface area (Å²) in [6.45, 7) is 0. The topological polar surface area (TPSA) is 70.8 Å². The predicted molar refractivity (Wildman–Crippen MR) is 95.0 cm³/mol. The van der Waals surface area contributed by atoms with Crippen molar-refractivity contribution in [1.82, 2.24) is 0 Å². The number of benzene rings is 2. The van der Waals surface area contributed by atoms with Crippen LogP contribution in [0, 0.1) is 10.1 Å². The molecule has 0 atom stereocenters. The SMILES string of the molecule is COc1ccc(C2=CC3=[Te](O2)OC(c2ccc([N+](=O)[O-])cc2)=C3)cc1. The van der Waals surface area contributed by atoms with Crippen molar-refractivity contribution < 1.29 is 15.9 Å². The van der Waals surface area contributed by atoms with Gasteiger partial charge in [-0.3, -0.25) is 0 Å². The van der Waals surface area contributed by atoms with Gasteiger partial charge in [-0.25, -0.2) is 0 Å². The Hall–Kier alpha value is -2.62. The van der Waals surface area contributed by atoms with E-state index in [1.54, 1.807) is 19.2 Å². The van der Waals surface area contributed by atoms with Crippen molar-refractivity contribution in [3.63, 3.8) is 0 Å². The first-order chi connectivity index (χ1) is 12.1. The van der Waals surface area contributed by atoms with E-state index in [4.69, 9.17) is 10.9 Å². The molecule has 2 aliphatic heterocycles. The molecule has 4 rings (SSSR count). The Labute approximate surface area is 151 Å². The Morgan fingerprint density at radius 1 is 0.920 bits per heavy atom. The van der Waals surface area contributed by atoms with Crippen LogP contribution in [0.1, 0.15) is 11.1 Å². The first-order valence-corrected chi connectivity index (χ1v) is 10.5. The Morgan fingerprint density at radius 2 is 1.44 bits per heavy atom. The maximum absolute atomic E-state index is 10.7. The molecule has 2 heterocycles. The van der Waals surface area contributed by atoms with Gasteiger partial charge in [-0.05, 0) is 0 Å². The fourth-order valence-corrected chi connectivity index (χ4v) is 6.05. The van der Waals surface area contributed by atoms with Crippen molar-refractivity contribution in [2.75, 3.05) is 7.11 Å². The van der Waals surface area contributed by atoms with Crippen LogP contribution in [0.2, 0.25) is 0 Å². The minimum atomic E-state index is -2.32. The summed E-state index contributed by atoms with van der Waals surface area (Å²) in [5.41, 5.74) is 1.86. The average molecular weight is 451 g/mol. The minimum absolute atomic E-state index is 0.0631. The number of methoxy groups -OCH3 is 1. The van der Waals surface area contributed by atoms with Gasteiger partial charge in [-0.1, -0.05) is 0 Å². The summed E-state index contributed by atoms with van der Waals surface area (Å²) in [5.74, 6) is 2.33. The van der Waals surface area contributed by atoms with Crippen molar-refractivity contribution in [3.05, 3.63) is 81.9 Å². The van der Waals surface area contributed by atoms with Gasteiger partial charge in [0.05, 0.1) is 0 Å². The van der Waals surface area contributed by atoms with Crippen LogP contribution in [0.4, 0.5) is 5.69 Å². The van der Waals surface area contributed by atoms with Gasteiger partial charge in [0.1, 0.15) is 0 Å². The molecule has 2 aliphatic rings. The number of nitrogens with zero attached hydrogens (tertiary/aromatic N) is 1. The third-order valence-corrected chi connectivity index (χ3v) is 7.47. The molecule has 25 heavy (non-hydrogen) atoms. The average Bonchev–Trinajstić information content (AvgIpc) is 3.21. The molecule has 0 bridgehead atoms. The Morgan fingerprint density at radius 3 is 1.88 bits per heavy atom. The van der Waals surface area contributed by atoms with Crippen molar-refractivity contribution in [3.8, 4) is 5.75 Å². The number of allylic oxidation sites excluding steroid dienone is 2. The van der Waals surface area contributed by atoms with Gasteiger partial charge < -0.3 is 0 Å². The van der Waals surface area contributed by atoms with Gasteiger partial charge in [0.25, 0.3) is 0 Å². The molecule has 0 radical (unpaired) electrons. The maximum atomic E-state index is 10.7. The zero-order valence-electron chi connectivity index (χ0n) is 13.2. The second kappa shape index (κ2) is 6.36. The third kappa shape index (κ3) is 3.04. The molecular formula is C18H13NO5Te. The number of rotatable bonds is 4. The molecule has 0 unspecified atom stereocenters. The zero-order valence-corrected chi connectivity index (χ0v) is 15.5. The Balaban J connectivity index is 1.54. The molecule has 0 saturated heterocycles. The van der Waals surface area contributed by atoms with E-state index < -0.39 is 24.8 Å². The van der Waals surface area contributed by atoms with Crippen molar-refractivity contribution >= 4 is 40.7 Å². The molecule has 6 nitrogen and oxygen atoms in total. The van der Waals surface area contributed by atoms with Crippen LogP contribution in [0.15, 0.2) is 60.7 Å². The second-order valence-corrected chi connectivity index (χ2v) is 8.99. The summed E-state index contributed by atoms with van der Waals surface area (Å²) in [4.78, 5) is 10.3. The number of ether oxygens (including phenoxy) is 1. The molecule has 0 N–H and O–H groups in total. The fraction of sp³-hybridized carbons (Fsp3) is 0.0556. The molecule has 0 saturated carbocycles. The number of hydrogen-bond donors (Lipinski definition) is 0. The summed E-state index contributed by atoms with van der Waals surface area (Å²) in [6.07, 6.45) is 3.98. The predicted octanol–water partition coefficient (Wildman–Crippen LogP) is 3.29. The van der Waals surface area contributed by atoms with E-state index in [0.29, 0.717) is 5.76 Å². The Kier molecular flexibility index (Phi) is 4.04. The normalized spacial score (nSPS) is 15.8. The molecule has 7 heteroatoms. The summed E-state index contributed by atoms with van der Waals surface area (Å²) < 4.78 is 18.3. The molecular weight excluding hydrogens is 438 g/mol. The first kappa shape index (κ1) is 15.9. The molecule has 0 aromatic heterocycles. The fourth-order valence-electron chi connectivity index (χ4n) is 2.49. The summed E-state index contributed by atoms with van der Waals surface area (Å²) >= 11 is -2.32. The van der Waals surface area contributed by atoms with E-state index in [1.165, 1.54) is 12.1 Å². The van der Waals surface area contributed by atoms with E-state index in [2.05, 4.69) is 0 Å². The van der Waals surface area contributed by atoms with Crippen LogP contribution in [0.5, 0.6) is 5.75 Å². The molecule has 126 valence electrons. The van der Waals surface area contributed by atoms with E-state index in [1.807, 2.05) is 36.4 Å². The second-order valence-electron chi connectivity index (χ2n) is 5.35. The quantitative estimate of drug-likeness (QED) is 0.406. The van der Waals surface area contributed by atoms with Crippen molar-refractivity contribution in [2.45, 2.75) is 0 Å². The van der Waals surface area contributed by atoms with Crippen LogP contribution >= 0.6 is 0 Å². The third-order valence-electron chi connectivity index (χ3n) is 3.81. The number of nitro benzene ring substituents is 1. The van der Waals surface area contributed by atoms with E-state index in [-0.39, 0.29) is 5.69 Å². The van der Waals surface area contributed by atoms with Gasteiger partial charge in [-0.2, -0.15) is 0 Å². The van der Waals surface area contributed by atoms with Crippen LogP contribution < -0.4 is 4.74 Å². The molecule has 0 amide bonds. The van der Waals surface area contributed by atoms with Gasteiger partial charge in [-0.15, -0.1) is 0 Å². The first-order valence-electron chi connectivity index (χ1n) is 7.44. The van der Waals surface area contributed by atoms with Gasteiger partial charge in [0.2, 0.25) is 0 Å². The molecule has 0 fully saturated rings. The monoisotopic (exact) mass is 453 g/mol. The standard InChI is InChI=1S/C18H13NO5Te/c1-22-15-8-4-13(5-9-15)18-11-16-10-17(23-25(16)24-18)12-2-6-14(7-3-12)19(20)21/h2-11H,1H3. The van der Waals surface area contributed by atoms with Gasteiger partial charge >= 0.3 is 151 Å². The molecule has 2 aromatic rings. The van der Waals surface area contributed by atoms with Crippen molar-refractivity contribution in [1.29, 1.82) is 0 Å². The summed E-state index contributed by atoms with van der Waals surface area (Å²) in [6, 6.07) is 14.0. The Bertz CT molecular complexity index is 942. The van der Waals surface area contributed by atoms with Gasteiger partial charge in [0.15, 0.2) is 0 Å². The molecule has 2 aromatic carbocycles. The number of nitro groups is 1. The number of hydrogen-bond acceptors (Lipinski definition) is 5. The molecule has 0 aliphatic carbocycles.